The number of nitro benzene ring substituents is 1. The highest BCUT2D eigenvalue weighted by molar-refractivity contribution is 5.70. The molecule has 0 amide bonds. The van der Waals surface area contributed by atoms with E-state index in [0.717, 1.165) is 39.0 Å². The average molecular weight is 272 g/mol. The van der Waals surface area contributed by atoms with Crippen molar-refractivity contribution in [3.63, 3.8) is 0 Å². The summed E-state index contributed by atoms with van der Waals surface area (Å²) in [5, 5.41) is 23.7. The van der Waals surface area contributed by atoms with Gasteiger partial charge in [0, 0.05) is 25.0 Å². The van der Waals surface area contributed by atoms with E-state index < -0.39 is 4.92 Å². The molecule has 2 saturated heterocycles. The lowest BCUT2D eigenvalue weighted by molar-refractivity contribution is -0.384. The van der Waals surface area contributed by atoms with Gasteiger partial charge in [-0.05, 0) is 31.5 Å². The van der Waals surface area contributed by atoms with Crippen molar-refractivity contribution in [3.8, 4) is 6.07 Å². The Morgan fingerprint density at radius 3 is 2.95 bits per heavy atom. The Morgan fingerprint density at radius 2 is 2.30 bits per heavy atom. The van der Waals surface area contributed by atoms with Crippen molar-refractivity contribution < 1.29 is 4.92 Å². The van der Waals surface area contributed by atoms with Gasteiger partial charge in [0.25, 0.3) is 0 Å². The second-order valence-corrected chi connectivity index (χ2v) is 5.64. The lowest BCUT2D eigenvalue weighted by Gasteiger charge is -2.24. The van der Waals surface area contributed by atoms with Gasteiger partial charge in [0.05, 0.1) is 4.92 Å². The van der Waals surface area contributed by atoms with Crippen LogP contribution in [0, 0.1) is 26.9 Å². The van der Waals surface area contributed by atoms with Gasteiger partial charge < -0.3 is 10.2 Å². The predicted molar refractivity (Wildman–Crippen MR) is 74.6 cm³/mol. The lowest BCUT2D eigenvalue weighted by atomic mass is 9.86. The van der Waals surface area contributed by atoms with Gasteiger partial charge in [0.15, 0.2) is 0 Å². The monoisotopic (exact) mass is 272 g/mol. The molecule has 0 saturated carbocycles. The van der Waals surface area contributed by atoms with E-state index in [1.807, 2.05) is 6.07 Å². The van der Waals surface area contributed by atoms with E-state index in [1.165, 1.54) is 6.07 Å². The molecule has 2 fully saturated rings. The van der Waals surface area contributed by atoms with Crippen molar-refractivity contribution in [2.75, 3.05) is 31.1 Å². The number of hydrogen-bond donors (Lipinski definition) is 1. The largest absolute Gasteiger partial charge is 0.365 e. The Labute approximate surface area is 117 Å². The van der Waals surface area contributed by atoms with E-state index >= 15 is 0 Å². The van der Waals surface area contributed by atoms with E-state index in [1.54, 1.807) is 12.1 Å². The zero-order valence-corrected chi connectivity index (χ0v) is 11.1. The number of para-hydroxylation sites is 1. The molecule has 2 aliphatic rings. The van der Waals surface area contributed by atoms with Gasteiger partial charge in [0.2, 0.25) is 0 Å². The molecule has 0 aliphatic carbocycles. The third-order valence-electron chi connectivity index (χ3n) is 4.43. The molecule has 6 nitrogen and oxygen atoms in total. The van der Waals surface area contributed by atoms with Gasteiger partial charge in [-0.15, -0.1) is 0 Å². The second kappa shape index (κ2) is 4.76. The van der Waals surface area contributed by atoms with Gasteiger partial charge in [-0.2, -0.15) is 5.26 Å². The van der Waals surface area contributed by atoms with Crippen LogP contribution < -0.4 is 10.2 Å². The van der Waals surface area contributed by atoms with Crippen molar-refractivity contribution in [1.29, 1.82) is 5.26 Å². The topological polar surface area (TPSA) is 82.2 Å². The number of nitrogens with zero attached hydrogens (tertiary/aromatic N) is 3. The molecule has 1 unspecified atom stereocenters. The number of rotatable bonds is 2. The minimum Gasteiger partial charge on any atom is -0.365 e. The second-order valence-electron chi connectivity index (χ2n) is 5.64. The summed E-state index contributed by atoms with van der Waals surface area (Å²) >= 11 is 0. The number of nitro groups is 1. The minimum atomic E-state index is -0.439. The molecule has 20 heavy (non-hydrogen) atoms. The molecule has 0 radical (unpaired) electrons. The van der Waals surface area contributed by atoms with Crippen LogP contribution in [0.1, 0.15) is 18.4 Å². The van der Waals surface area contributed by atoms with Crippen LogP contribution in [-0.2, 0) is 0 Å². The van der Waals surface area contributed by atoms with Crippen molar-refractivity contribution in [3.05, 3.63) is 33.9 Å². The van der Waals surface area contributed by atoms with Crippen molar-refractivity contribution in [2.24, 2.45) is 5.41 Å². The van der Waals surface area contributed by atoms with Crippen LogP contribution in [0.3, 0.4) is 0 Å². The molecule has 1 atom stereocenters. The Hall–Kier alpha value is -2.13. The summed E-state index contributed by atoms with van der Waals surface area (Å²) < 4.78 is 0. The van der Waals surface area contributed by atoms with Crippen molar-refractivity contribution >= 4 is 11.4 Å². The third-order valence-corrected chi connectivity index (χ3v) is 4.43. The molecular formula is C14H16N4O2. The molecule has 0 aromatic heterocycles. The smallest absolute Gasteiger partial charge is 0.310 e. The molecule has 1 aromatic carbocycles. The number of anilines is 1. The maximum atomic E-state index is 11.3. The fourth-order valence-electron chi connectivity index (χ4n) is 3.35. The maximum Gasteiger partial charge on any atom is 0.310 e. The van der Waals surface area contributed by atoms with Gasteiger partial charge >= 0.3 is 5.69 Å². The Kier molecular flexibility index (Phi) is 3.07. The highest BCUT2D eigenvalue weighted by Gasteiger charge is 2.42. The summed E-state index contributed by atoms with van der Waals surface area (Å²) in [6.07, 6.45) is 2.17. The molecule has 0 bridgehead atoms. The Bertz CT molecular complexity index is 587. The molecule has 1 N–H and O–H groups in total. The molecule has 104 valence electrons. The van der Waals surface area contributed by atoms with E-state index in [4.69, 9.17) is 5.26 Å². The first kappa shape index (κ1) is 12.9. The highest BCUT2D eigenvalue weighted by Crippen LogP contribution is 2.41. The van der Waals surface area contributed by atoms with Gasteiger partial charge in [0.1, 0.15) is 17.3 Å². The van der Waals surface area contributed by atoms with E-state index in [-0.39, 0.29) is 16.7 Å². The molecule has 1 aromatic rings. The van der Waals surface area contributed by atoms with Crippen LogP contribution in [0.4, 0.5) is 11.4 Å². The van der Waals surface area contributed by atoms with Crippen LogP contribution in [0.15, 0.2) is 18.2 Å². The summed E-state index contributed by atoms with van der Waals surface area (Å²) in [7, 11) is 0. The first-order valence-electron chi connectivity index (χ1n) is 6.78. The molecular weight excluding hydrogens is 256 g/mol. The number of nitrogens with one attached hydrogen (secondary N) is 1. The first-order chi connectivity index (χ1) is 9.65. The number of hydrogen-bond acceptors (Lipinski definition) is 5. The minimum absolute atomic E-state index is 0.0574. The number of nitriles is 1. The predicted octanol–water partition coefficient (Wildman–Crippen LogP) is 1.66. The fourth-order valence-corrected chi connectivity index (χ4v) is 3.35. The van der Waals surface area contributed by atoms with Crippen LogP contribution in [0.2, 0.25) is 0 Å². The zero-order chi connectivity index (χ0) is 14.2. The van der Waals surface area contributed by atoms with Gasteiger partial charge in [-0.1, -0.05) is 6.07 Å². The van der Waals surface area contributed by atoms with Crippen LogP contribution in [0.25, 0.3) is 0 Å². The first-order valence-corrected chi connectivity index (χ1v) is 6.78. The third kappa shape index (κ3) is 2.00. The van der Waals surface area contributed by atoms with Crippen molar-refractivity contribution in [2.45, 2.75) is 12.8 Å². The summed E-state index contributed by atoms with van der Waals surface area (Å²) in [4.78, 5) is 12.9. The van der Waals surface area contributed by atoms with Crippen LogP contribution >= 0.6 is 0 Å². The standard InChI is InChI=1S/C14H16N4O2/c15-8-11-2-1-3-12(13(11)18(19)20)17-7-5-14(10-17)4-6-16-9-14/h1-3,16H,4-7,9-10H2. The van der Waals surface area contributed by atoms with Crippen LogP contribution in [-0.4, -0.2) is 31.1 Å². The summed E-state index contributed by atoms with van der Waals surface area (Å²) in [6, 6.07) is 6.90. The highest BCUT2D eigenvalue weighted by atomic mass is 16.6. The van der Waals surface area contributed by atoms with E-state index in [9.17, 15) is 10.1 Å². The van der Waals surface area contributed by atoms with Crippen LogP contribution in [0.5, 0.6) is 0 Å². The molecule has 2 aliphatic heterocycles. The maximum absolute atomic E-state index is 11.3. The fraction of sp³-hybridized carbons (Fsp3) is 0.500. The summed E-state index contributed by atoms with van der Waals surface area (Å²) in [5.41, 5.74) is 0.907. The van der Waals surface area contributed by atoms with Gasteiger partial charge in [-0.25, -0.2) is 0 Å². The SMILES string of the molecule is N#Cc1cccc(N2CCC3(CCNC3)C2)c1[N+](=O)[O-]. The quantitative estimate of drug-likeness (QED) is 0.654. The average Bonchev–Trinajstić information content (AvgIpc) is 3.08. The zero-order valence-electron chi connectivity index (χ0n) is 11.1. The Morgan fingerprint density at radius 1 is 1.45 bits per heavy atom. The van der Waals surface area contributed by atoms with Crippen molar-refractivity contribution in [1.82, 2.24) is 5.32 Å². The normalized spacial score (nSPS) is 25.1. The van der Waals surface area contributed by atoms with E-state index in [0.29, 0.717) is 5.69 Å². The lowest BCUT2D eigenvalue weighted by Crippen LogP contribution is -2.29. The molecule has 1 spiro atoms. The molecule has 3 rings (SSSR count). The van der Waals surface area contributed by atoms with E-state index in [2.05, 4.69) is 10.2 Å². The number of benzene rings is 1. The Balaban J connectivity index is 1.95. The molecule has 2 heterocycles. The van der Waals surface area contributed by atoms with Gasteiger partial charge in [-0.3, -0.25) is 10.1 Å². The summed E-state index contributed by atoms with van der Waals surface area (Å²) in [5.74, 6) is 0. The molecule has 6 heteroatoms. The summed E-state index contributed by atoms with van der Waals surface area (Å²) in [6.45, 7) is 3.65.